The molecule has 2 aliphatic rings. The second-order valence-electron chi connectivity index (χ2n) is 6.32. The van der Waals surface area contributed by atoms with Crippen molar-refractivity contribution in [2.24, 2.45) is 0 Å². The van der Waals surface area contributed by atoms with Crippen LogP contribution in [0.25, 0.3) is 6.08 Å². The highest BCUT2D eigenvalue weighted by Gasteiger charge is 2.36. The largest absolute Gasteiger partial charge is 0.493 e. The van der Waals surface area contributed by atoms with Crippen LogP contribution < -0.4 is 14.8 Å². The number of thioether (sulfide) groups is 1. The minimum absolute atomic E-state index is 0.00353. The molecule has 2 aliphatic heterocycles. The lowest BCUT2D eigenvalue weighted by atomic mass is 10.2. The van der Waals surface area contributed by atoms with Gasteiger partial charge in [-0.15, -0.1) is 0 Å². The second-order valence-corrected chi connectivity index (χ2v) is 7.31. The number of rotatable bonds is 7. The van der Waals surface area contributed by atoms with Gasteiger partial charge in [0, 0.05) is 13.2 Å². The third-order valence-electron chi connectivity index (χ3n) is 4.43. The molecule has 0 unspecified atom stereocenters. The lowest BCUT2D eigenvalue weighted by molar-refractivity contribution is -0.129. The van der Waals surface area contributed by atoms with E-state index in [0.29, 0.717) is 30.2 Å². The number of carbonyl (C=O) groups is 3. The van der Waals surface area contributed by atoms with E-state index >= 15 is 0 Å². The summed E-state index contributed by atoms with van der Waals surface area (Å²) in [5.41, 5.74) is 0.686. The smallest absolute Gasteiger partial charge is 0.294 e. The number of methoxy groups -OCH3 is 2. The third kappa shape index (κ3) is 4.66. The molecule has 1 aromatic rings. The van der Waals surface area contributed by atoms with E-state index in [1.165, 1.54) is 14.2 Å². The second kappa shape index (κ2) is 9.11. The number of carbonyl (C=O) groups excluding carboxylic acids is 3. The number of hydrogen-bond acceptors (Lipinski definition) is 7. The average molecular weight is 406 g/mol. The SMILES string of the molecule is COc1ccc(/C=C2\SC(=O)N(CC(=O)NC[C@@H]3CCCO3)C2=O)cc1OC. The lowest BCUT2D eigenvalue weighted by Crippen LogP contribution is -2.41. The van der Waals surface area contributed by atoms with Crippen molar-refractivity contribution in [3.63, 3.8) is 0 Å². The highest BCUT2D eigenvalue weighted by Crippen LogP contribution is 2.34. The van der Waals surface area contributed by atoms with Crippen LogP contribution in [0.5, 0.6) is 11.5 Å². The Hall–Kier alpha value is -2.52. The number of amides is 3. The van der Waals surface area contributed by atoms with Crippen LogP contribution in [0.15, 0.2) is 23.1 Å². The van der Waals surface area contributed by atoms with E-state index in [4.69, 9.17) is 14.2 Å². The molecule has 2 saturated heterocycles. The molecule has 0 radical (unpaired) electrons. The molecule has 2 fully saturated rings. The topological polar surface area (TPSA) is 94.2 Å². The molecule has 2 heterocycles. The summed E-state index contributed by atoms with van der Waals surface area (Å²) in [5.74, 6) is 0.210. The van der Waals surface area contributed by atoms with Crippen LogP contribution in [-0.4, -0.2) is 62.0 Å². The van der Waals surface area contributed by atoms with Crippen molar-refractivity contribution in [1.29, 1.82) is 0 Å². The van der Waals surface area contributed by atoms with Crippen molar-refractivity contribution in [3.05, 3.63) is 28.7 Å². The Kier molecular flexibility index (Phi) is 6.58. The van der Waals surface area contributed by atoms with E-state index in [0.717, 1.165) is 29.5 Å². The molecule has 8 nitrogen and oxygen atoms in total. The summed E-state index contributed by atoms with van der Waals surface area (Å²) in [6.07, 6.45) is 3.47. The monoisotopic (exact) mass is 406 g/mol. The van der Waals surface area contributed by atoms with Gasteiger partial charge in [0.15, 0.2) is 11.5 Å². The first-order valence-electron chi connectivity index (χ1n) is 8.87. The minimum atomic E-state index is -0.489. The molecule has 0 aromatic heterocycles. The molecule has 0 spiro atoms. The van der Waals surface area contributed by atoms with Crippen molar-refractivity contribution < 1.29 is 28.6 Å². The Labute approximate surface area is 167 Å². The van der Waals surface area contributed by atoms with Gasteiger partial charge in [-0.25, -0.2) is 0 Å². The summed E-state index contributed by atoms with van der Waals surface area (Å²) in [6.45, 7) is 0.780. The van der Waals surface area contributed by atoms with Gasteiger partial charge < -0.3 is 19.5 Å². The molecule has 1 N–H and O–H groups in total. The number of hydrogen-bond donors (Lipinski definition) is 1. The van der Waals surface area contributed by atoms with Gasteiger partial charge in [0.05, 0.1) is 25.2 Å². The highest BCUT2D eigenvalue weighted by atomic mass is 32.2. The van der Waals surface area contributed by atoms with Gasteiger partial charge in [0.2, 0.25) is 5.91 Å². The van der Waals surface area contributed by atoms with E-state index in [2.05, 4.69) is 5.32 Å². The Balaban J connectivity index is 1.64. The van der Waals surface area contributed by atoms with Gasteiger partial charge in [0.1, 0.15) is 6.54 Å². The van der Waals surface area contributed by atoms with E-state index in [1.54, 1.807) is 24.3 Å². The maximum atomic E-state index is 12.5. The third-order valence-corrected chi connectivity index (χ3v) is 5.34. The van der Waals surface area contributed by atoms with Gasteiger partial charge in [0.25, 0.3) is 11.1 Å². The fraction of sp³-hybridized carbons (Fsp3) is 0.421. The zero-order valence-corrected chi connectivity index (χ0v) is 16.5. The first-order valence-corrected chi connectivity index (χ1v) is 9.69. The number of ether oxygens (including phenoxy) is 3. The predicted molar refractivity (Wildman–Crippen MR) is 104 cm³/mol. The molecule has 1 atom stereocenters. The molecule has 0 saturated carbocycles. The maximum absolute atomic E-state index is 12.5. The molecule has 150 valence electrons. The summed E-state index contributed by atoms with van der Waals surface area (Å²) in [4.78, 5) is 38.0. The minimum Gasteiger partial charge on any atom is -0.493 e. The summed E-state index contributed by atoms with van der Waals surface area (Å²) in [7, 11) is 3.05. The molecule has 0 aliphatic carbocycles. The van der Waals surface area contributed by atoms with E-state index in [1.807, 2.05) is 0 Å². The van der Waals surface area contributed by atoms with E-state index in [9.17, 15) is 14.4 Å². The molecule has 3 rings (SSSR count). The molecule has 1 aromatic carbocycles. The zero-order chi connectivity index (χ0) is 20.1. The van der Waals surface area contributed by atoms with Gasteiger partial charge in [-0.3, -0.25) is 19.3 Å². The summed E-state index contributed by atoms with van der Waals surface area (Å²) >= 11 is 0.807. The highest BCUT2D eigenvalue weighted by molar-refractivity contribution is 8.18. The summed E-state index contributed by atoms with van der Waals surface area (Å²) < 4.78 is 15.9. The average Bonchev–Trinajstić information content (AvgIpc) is 3.30. The molecule has 0 bridgehead atoms. The first kappa shape index (κ1) is 20.2. The maximum Gasteiger partial charge on any atom is 0.294 e. The van der Waals surface area contributed by atoms with Gasteiger partial charge >= 0.3 is 0 Å². The van der Waals surface area contributed by atoms with E-state index in [-0.39, 0.29) is 23.5 Å². The quantitative estimate of drug-likeness (QED) is 0.693. The molecular formula is C19H22N2O6S. The summed E-state index contributed by atoms with van der Waals surface area (Å²) in [5, 5.41) is 2.25. The Morgan fingerprint density at radius 3 is 2.79 bits per heavy atom. The van der Waals surface area contributed by atoms with Crippen LogP contribution in [-0.2, 0) is 14.3 Å². The van der Waals surface area contributed by atoms with Gasteiger partial charge in [-0.05, 0) is 48.4 Å². The predicted octanol–water partition coefficient (Wildman–Crippen LogP) is 2.04. The number of nitrogens with one attached hydrogen (secondary N) is 1. The Bertz CT molecular complexity index is 804. The number of nitrogens with zero attached hydrogens (tertiary/aromatic N) is 1. The van der Waals surface area contributed by atoms with Crippen molar-refractivity contribution in [2.75, 3.05) is 33.9 Å². The molecule has 9 heteroatoms. The number of benzene rings is 1. The molecule has 28 heavy (non-hydrogen) atoms. The van der Waals surface area contributed by atoms with Crippen LogP contribution in [0.1, 0.15) is 18.4 Å². The van der Waals surface area contributed by atoms with Crippen molar-refractivity contribution in [2.45, 2.75) is 18.9 Å². The summed E-state index contributed by atoms with van der Waals surface area (Å²) in [6, 6.07) is 5.18. The van der Waals surface area contributed by atoms with E-state index < -0.39 is 11.1 Å². The fourth-order valence-electron chi connectivity index (χ4n) is 2.96. The van der Waals surface area contributed by atoms with Crippen molar-refractivity contribution in [3.8, 4) is 11.5 Å². The molecule has 3 amide bonds. The van der Waals surface area contributed by atoms with Crippen LogP contribution >= 0.6 is 11.8 Å². The Morgan fingerprint density at radius 1 is 1.32 bits per heavy atom. The number of imide groups is 1. The Morgan fingerprint density at radius 2 is 2.11 bits per heavy atom. The fourth-order valence-corrected chi connectivity index (χ4v) is 3.80. The first-order chi connectivity index (χ1) is 13.5. The van der Waals surface area contributed by atoms with Crippen LogP contribution in [0.2, 0.25) is 0 Å². The standard InChI is InChI=1S/C19H22N2O6S/c1-25-14-6-5-12(8-15(14)26-2)9-16-18(23)21(19(24)28-16)11-17(22)20-10-13-4-3-7-27-13/h5-6,8-9,13H,3-4,7,10-11H2,1-2H3,(H,20,22)/b16-9-/t13-/m0/s1. The van der Waals surface area contributed by atoms with Crippen molar-refractivity contribution >= 4 is 34.9 Å². The van der Waals surface area contributed by atoms with Crippen molar-refractivity contribution in [1.82, 2.24) is 10.2 Å². The van der Waals surface area contributed by atoms with Crippen LogP contribution in [0.3, 0.4) is 0 Å². The normalized spacial score (nSPS) is 20.7. The zero-order valence-electron chi connectivity index (χ0n) is 15.7. The van der Waals surface area contributed by atoms with Gasteiger partial charge in [-0.1, -0.05) is 6.07 Å². The van der Waals surface area contributed by atoms with Gasteiger partial charge in [-0.2, -0.15) is 0 Å². The lowest BCUT2D eigenvalue weighted by Gasteiger charge is -2.14. The van der Waals surface area contributed by atoms with Crippen LogP contribution in [0.4, 0.5) is 4.79 Å². The van der Waals surface area contributed by atoms with Crippen LogP contribution in [0, 0.1) is 0 Å². The molecular weight excluding hydrogens is 384 g/mol.